The minimum atomic E-state index is -1.12. The van der Waals surface area contributed by atoms with Crippen LogP contribution in [0, 0.1) is 0 Å². The number of aromatic nitrogens is 4. The van der Waals surface area contributed by atoms with Crippen LogP contribution in [0.15, 0.2) is 22.7 Å². The molecule has 0 bridgehead atoms. The summed E-state index contributed by atoms with van der Waals surface area (Å²) in [6, 6.07) is -1.48. The molecule has 0 fully saturated rings. The lowest BCUT2D eigenvalue weighted by Crippen LogP contribution is -2.56. The molecule has 34 heavy (non-hydrogen) atoms. The van der Waals surface area contributed by atoms with Crippen molar-refractivity contribution in [3.63, 3.8) is 0 Å². The van der Waals surface area contributed by atoms with Gasteiger partial charge in [-0.05, 0) is 21.6 Å². The van der Waals surface area contributed by atoms with Crippen LogP contribution in [0.1, 0.15) is 11.4 Å². The van der Waals surface area contributed by atoms with Crippen LogP contribution in [0.3, 0.4) is 0 Å². The third kappa shape index (κ3) is 8.06. The number of carboxylic acid groups (broad SMARTS) is 2. The Morgan fingerprint density at radius 1 is 0.794 bits per heavy atom. The van der Waals surface area contributed by atoms with Crippen molar-refractivity contribution in [3.8, 4) is 0 Å². The number of likely N-dealkylation sites (N-methyl/N-ethyl adjacent to an activating group) is 2. The molecular weight excluding hydrogens is 523 g/mol. The van der Waals surface area contributed by atoms with Gasteiger partial charge in [0.25, 0.3) is 0 Å². The highest BCUT2D eigenvalue weighted by atomic mass is 35.5. The summed E-state index contributed by atoms with van der Waals surface area (Å²) < 4.78 is 4.14. The van der Waals surface area contributed by atoms with Crippen molar-refractivity contribution in [1.29, 1.82) is 0 Å². The first-order chi connectivity index (χ1) is 14.6. The summed E-state index contributed by atoms with van der Waals surface area (Å²) in [5.74, 6) is -2.23. The van der Waals surface area contributed by atoms with Gasteiger partial charge in [0, 0.05) is 14.1 Å². The van der Waals surface area contributed by atoms with Crippen molar-refractivity contribution in [1.82, 2.24) is 19.1 Å². The molecule has 0 N–H and O–H groups in total. The Bertz CT molecular complexity index is 907. The molecule has 0 unspecified atom stereocenters. The molecule has 0 radical (unpaired) electrons. The molecule has 0 aliphatic rings. The highest BCUT2D eigenvalue weighted by Gasteiger charge is 2.30. The summed E-state index contributed by atoms with van der Waals surface area (Å²) in [6.07, 6.45) is 3.80. The van der Waals surface area contributed by atoms with Gasteiger partial charge in [0.2, 0.25) is 0 Å². The number of carboxylic acids is 2. The van der Waals surface area contributed by atoms with Crippen molar-refractivity contribution in [3.05, 3.63) is 24.0 Å². The predicted molar refractivity (Wildman–Crippen MR) is 134 cm³/mol. The molecule has 0 aromatic carbocycles. The van der Waals surface area contributed by atoms with E-state index in [0.29, 0.717) is 11.4 Å². The van der Waals surface area contributed by atoms with Gasteiger partial charge in [0.1, 0.15) is 22.1 Å². The van der Waals surface area contributed by atoms with E-state index in [2.05, 4.69) is 9.97 Å². The average Bonchev–Trinajstić information content (AvgIpc) is 3.15. The van der Waals surface area contributed by atoms with Gasteiger partial charge in [-0.2, -0.15) is 0 Å². The maximum absolute atomic E-state index is 11.7. The standard InChI is InChI=1S/C20H32N6O4S2.2ClH/c1-23-11-21-13(9-15(19(27)28)25(3,4)5)17(23)31-32-18-14(22-12-24(18)2)10-16(20(29)30)26(6,7)8;;/h11-12,15-16H,9-10H2,1-8H3;2*1H/t15-,16-;;/m0../s1. The lowest BCUT2D eigenvalue weighted by atomic mass is 10.1. The zero-order valence-electron chi connectivity index (χ0n) is 20.7. The normalized spacial score (nSPS) is 13.5. The molecule has 0 saturated carbocycles. The van der Waals surface area contributed by atoms with E-state index in [4.69, 9.17) is 0 Å². The fourth-order valence-corrected chi connectivity index (χ4v) is 5.93. The van der Waals surface area contributed by atoms with Gasteiger partial charge in [-0.3, -0.25) is 0 Å². The number of aryl methyl sites for hydroxylation is 2. The van der Waals surface area contributed by atoms with Crippen LogP contribution < -0.4 is 10.2 Å². The second-order valence-electron chi connectivity index (χ2n) is 9.69. The first-order valence-electron chi connectivity index (χ1n) is 10.0. The Morgan fingerprint density at radius 3 is 1.32 bits per heavy atom. The van der Waals surface area contributed by atoms with E-state index < -0.39 is 24.0 Å². The number of nitrogens with zero attached hydrogens (tertiary/aromatic N) is 6. The van der Waals surface area contributed by atoms with Crippen molar-refractivity contribution < 1.29 is 28.8 Å². The zero-order chi connectivity index (χ0) is 24.4. The molecule has 2 atom stereocenters. The second kappa shape index (κ2) is 12.5. The highest BCUT2D eigenvalue weighted by Crippen LogP contribution is 2.40. The van der Waals surface area contributed by atoms with Crippen LogP contribution in [0.2, 0.25) is 0 Å². The molecule has 0 spiro atoms. The third-order valence-electron chi connectivity index (χ3n) is 5.30. The third-order valence-corrected chi connectivity index (χ3v) is 7.94. The number of imidazole rings is 2. The SMILES string of the molecule is Cl.Cl.Cn1cnc(C[C@@H](C(=O)[O-])[N+](C)(C)C)c1SSc1c(C[C@@H](C(=O)[O-])[N+](C)(C)C)ncn1C. The number of carbonyl (C=O) groups is 2. The lowest BCUT2D eigenvalue weighted by Gasteiger charge is -2.34. The summed E-state index contributed by atoms with van der Waals surface area (Å²) in [5.41, 5.74) is 1.35. The van der Waals surface area contributed by atoms with E-state index in [1.54, 1.807) is 12.7 Å². The lowest BCUT2D eigenvalue weighted by molar-refractivity contribution is -0.889. The monoisotopic (exact) mass is 556 g/mol. The number of halogens is 2. The fraction of sp³-hybridized carbons (Fsp3) is 0.600. The largest absolute Gasteiger partial charge is 0.544 e. The van der Waals surface area contributed by atoms with Crippen molar-refractivity contribution >= 4 is 58.3 Å². The molecule has 0 aliphatic heterocycles. The minimum absolute atomic E-state index is 0. The molecule has 14 heteroatoms. The zero-order valence-corrected chi connectivity index (χ0v) is 23.9. The summed E-state index contributed by atoms with van der Waals surface area (Å²) in [6.45, 7) is 0. The quantitative estimate of drug-likeness (QED) is 0.269. The van der Waals surface area contributed by atoms with Crippen LogP contribution in [0.5, 0.6) is 0 Å². The van der Waals surface area contributed by atoms with Crippen LogP contribution >= 0.6 is 46.4 Å². The Balaban J connectivity index is 0.00000544. The molecular formula is C20H34Cl2N6O4S2. The summed E-state index contributed by atoms with van der Waals surface area (Å²) >= 11 is 0. The molecule has 0 saturated heterocycles. The van der Waals surface area contributed by atoms with Crippen LogP contribution in [0.25, 0.3) is 0 Å². The van der Waals surface area contributed by atoms with Crippen molar-refractivity contribution in [2.75, 3.05) is 42.3 Å². The predicted octanol–water partition coefficient (Wildman–Crippen LogP) is -0.469. The Morgan fingerprint density at radius 2 is 1.09 bits per heavy atom. The van der Waals surface area contributed by atoms with E-state index >= 15 is 0 Å². The van der Waals surface area contributed by atoms with Crippen LogP contribution in [0.4, 0.5) is 0 Å². The van der Waals surface area contributed by atoms with Gasteiger partial charge in [0.05, 0.1) is 91.1 Å². The molecule has 0 amide bonds. The van der Waals surface area contributed by atoms with Gasteiger partial charge in [0.15, 0.2) is 0 Å². The van der Waals surface area contributed by atoms with E-state index in [0.717, 1.165) is 10.1 Å². The summed E-state index contributed by atoms with van der Waals surface area (Å²) in [4.78, 5) is 32.2. The number of hydrogen-bond donors (Lipinski definition) is 0. The maximum atomic E-state index is 11.7. The molecule has 2 aromatic rings. The molecule has 0 aliphatic carbocycles. The number of quaternary nitrogens is 2. The number of hydrogen-bond acceptors (Lipinski definition) is 8. The molecule has 2 rings (SSSR count). The topological polar surface area (TPSA) is 116 Å². The fourth-order valence-electron chi connectivity index (χ4n) is 3.22. The van der Waals surface area contributed by atoms with Crippen LogP contribution in [-0.2, 0) is 36.5 Å². The first-order valence-corrected chi connectivity index (χ1v) is 12.2. The molecule has 10 nitrogen and oxygen atoms in total. The van der Waals surface area contributed by atoms with E-state index in [-0.39, 0.29) is 46.6 Å². The Hall–Kier alpha value is -1.44. The van der Waals surface area contributed by atoms with Crippen molar-refractivity contribution in [2.24, 2.45) is 14.1 Å². The number of rotatable bonds is 11. The van der Waals surface area contributed by atoms with Crippen molar-refractivity contribution in [2.45, 2.75) is 35.0 Å². The van der Waals surface area contributed by atoms with Gasteiger partial charge in [-0.15, -0.1) is 24.8 Å². The van der Waals surface area contributed by atoms with Gasteiger partial charge < -0.3 is 37.9 Å². The molecule has 194 valence electrons. The van der Waals surface area contributed by atoms with Gasteiger partial charge in [-0.25, -0.2) is 9.97 Å². The summed E-state index contributed by atoms with van der Waals surface area (Å²) in [5, 5.41) is 25.1. The number of carbonyl (C=O) groups excluding carboxylic acids is 2. The first kappa shape index (κ1) is 32.6. The van der Waals surface area contributed by atoms with E-state index in [1.165, 1.54) is 21.6 Å². The Kier molecular flexibility index (Phi) is 12.0. The molecule has 2 heterocycles. The number of aliphatic carboxylic acids is 2. The highest BCUT2D eigenvalue weighted by molar-refractivity contribution is 8.76. The molecule has 2 aromatic heterocycles. The average molecular weight is 558 g/mol. The van der Waals surface area contributed by atoms with Crippen LogP contribution in [-0.4, -0.2) is 94.4 Å². The smallest absolute Gasteiger partial charge is 0.134 e. The summed E-state index contributed by atoms with van der Waals surface area (Å²) in [7, 11) is 17.5. The van der Waals surface area contributed by atoms with E-state index in [9.17, 15) is 19.8 Å². The van der Waals surface area contributed by atoms with E-state index in [1.807, 2.05) is 65.5 Å². The maximum Gasteiger partial charge on any atom is 0.134 e. The van der Waals surface area contributed by atoms with Gasteiger partial charge in [-0.1, -0.05) is 0 Å². The van der Waals surface area contributed by atoms with Gasteiger partial charge >= 0.3 is 0 Å². The second-order valence-corrected chi connectivity index (χ2v) is 11.8. The minimum Gasteiger partial charge on any atom is -0.544 e. The Labute approximate surface area is 221 Å².